The van der Waals surface area contributed by atoms with E-state index in [2.05, 4.69) is 28.3 Å². The molecule has 218 valence electrons. The molecule has 1 aromatic carbocycles. The SMILES string of the molecule is COc1cccc(C(=O)NC2(C)CCN(c3ccc(-c4cccn5nc(OCCC(C)O)c(C#N)c45)cn3)CC2)c1C. The van der Waals surface area contributed by atoms with Crippen molar-refractivity contribution in [2.75, 3.05) is 31.7 Å². The van der Waals surface area contributed by atoms with E-state index in [0.717, 1.165) is 48.4 Å². The number of methoxy groups -OCH3 is 1. The van der Waals surface area contributed by atoms with Gasteiger partial charge in [-0.25, -0.2) is 9.50 Å². The minimum absolute atomic E-state index is 0.0906. The van der Waals surface area contributed by atoms with E-state index in [1.54, 1.807) is 24.7 Å². The number of fused-ring (bicyclic) bond motifs is 1. The minimum atomic E-state index is -0.497. The molecule has 42 heavy (non-hydrogen) atoms. The number of rotatable bonds is 9. The molecule has 0 bridgehead atoms. The molecule has 1 aliphatic rings. The Labute approximate surface area is 245 Å². The molecular weight excluding hydrogens is 532 g/mol. The molecule has 5 rings (SSSR count). The predicted molar refractivity (Wildman–Crippen MR) is 160 cm³/mol. The summed E-state index contributed by atoms with van der Waals surface area (Å²) in [7, 11) is 1.61. The van der Waals surface area contributed by atoms with Crippen LogP contribution in [0.4, 0.5) is 5.82 Å². The number of nitrogens with zero attached hydrogens (tertiary/aromatic N) is 5. The maximum atomic E-state index is 13.1. The van der Waals surface area contributed by atoms with E-state index in [1.807, 2.05) is 55.6 Å². The average molecular weight is 569 g/mol. The Morgan fingerprint density at radius 2 is 2.00 bits per heavy atom. The second kappa shape index (κ2) is 12.1. The lowest BCUT2D eigenvalue weighted by molar-refractivity contribution is 0.0890. The van der Waals surface area contributed by atoms with Crippen molar-refractivity contribution in [3.63, 3.8) is 0 Å². The van der Waals surface area contributed by atoms with Gasteiger partial charge in [0.25, 0.3) is 11.8 Å². The molecule has 1 aliphatic heterocycles. The van der Waals surface area contributed by atoms with Crippen LogP contribution >= 0.6 is 0 Å². The van der Waals surface area contributed by atoms with Crippen LogP contribution in [0.2, 0.25) is 0 Å². The monoisotopic (exact) mass is 568 g/mol. The molecule has 0 aliphatic carbocycles. The molecule has 10 nitrogen and oxygen atoms in total. The molecule has 3 aromatic heterocycles. The average Bonchev–Trinajstić information content (AvgIpc) is 3.35. The number of amides is 1. The molecule has 1 amide bonds. The van der Waals surface area contributed by atoms with Gasteiger partial charge in [-0.1, -0.05) is 12.1 Å². The van der Waals surface area contributed by atoms with Crippen LogP contribution in [0.25, 0.3) is 16.6 Å². The van der Waals surface area contributed by atoms with E-state index >= 15 is 0 Å². The Kier molecular flexibility index (Phi) is 8.31. The van der Waals surface area contributed by atoms with Crippen LogP contribution in [0.5, 0.6) is 11.6 Å². The van der Waals surface area contributed by atoms with E-state index in [1.165, 1.54) is 0 Å². The fraction of sp³-hybridized carbons (Fsp3) is 0.375. The van der Waals surface area contributed by atoms with Gasteiger partial charge in [-0.15, -0.1) is 5.10 Å². The summed E-state index contributed by atoms with van der Waals surface area (Å²) >= 11 is 0. The number of nitriles is 1. The van der Waals surface area contributed by atoms with Crippen LogP contribution in [0, 0.1) is 18.3 Å². The van der Waals surface area contributed by atoms with Crippen molar-refractivity contribution in [1.29, 1.82) is 5.26 Å². The third-order valence-electron chi connectivity index (χ3n) is 7.92. The Balaban J connectivity index is 1.28. The van der Waals surface area contributed by atoms with Crippen LogP contribution in [-0.4, -0.2) is 64.1 Å². The number of ether oxygens (including phenoxy) is 2. The van der Waals surface area contributed by atoms with E-state index in [0.29, 0.717) is 28.8 Å². The molecular formula is C32H36N6O4. The van der Waals surface area contributed by atoms with E-state index in [4.69, 9.17) is 14.5 Å². The highest BCUT2D eigenvalue weighted by Gasteiger charge is 2.33. The van der Waals surface area contributed by atoms with Gasteiger partial charge in [0.2, 0.25) is 0 Å². The summed E-state index contributed by atoms with van der Waals surface area (Å²) in [6, 6.07) is 15.6. The maximum absolute atomic E-state index is 13.1. The highest BCUT2D eigenvalue weighted by atomic mass is 16.5. The van der Waals surface area contributed by atoms with Gasteiger partial charge in [0.1, 0.15) is 23.2 Å². The van der Waals surface area contributed by atoms with Crippen LogP contribution in [0.3, 0.4) is 0 Å². The second-order valence-corrected chi connectivity index (χ2v) is 11.0. The quantitative estimate of drug-likeness (QED) is 0.302. The summed E-state index contributed by atoms with van der Waals surface area (Å²) in [6.07, 6.45) is 5.10. The smallest absolute Gasteiger partial charge is 0.252 e. The number of hydrogen-bond acceptors (Lipinski definition) is 8. The number of nitrogens with one attached hydrogen (secondary N) is 1. The molecule has 1 saturated heterocycles. The minimum Gasteiger partial charge on any atom is -0.496 e. The molecule has 4 aromatic rings. The van der Waals surface area contributed by atoms with Crippen molar-refractivity contribution in [2.24, 2.45) is 0 Å². The maximum Gasteiger partial charge on any atom is 0.252 e. The number of piperidine rings is 1. The summed E-state index contributed by atoms with van der Waals surface area (Å²) in [6.45, 7) is 7.46. The number of pyridine rings is 2. The summed E-state index contributed by atoms with van der Waals surface area (Å²) < 4.78 is 12.8. The van der Waals surface area contributed by atoms with E-state index in [-0.39, 0.29) is 23.9 Å². The van der Waals surface area contributed by atoms with Crippen molar-refractivity contribution in [1.82, 2.24) is 19.9 Å². The molecule has 10 heteroatoms. The van der Waals surface area contributed by atoms with Gasteiger partial charge in [-0.05, 0) is 63.9 Å². The lowest BCUT2D eigenvalue weighted by atomic mass is 9.89. The Bertz CT molecular complexity index is 1610. The van der Waals surface area contributed by atoms with E-state index < -0.39 is 6.10 Å². The van der Waals surface area contributed by atoms with Crippen LogP contribution < -0.4 is 19.7 Å². The predicted octanol–water partition coefficient (Wildman–Crippen LogP) is 4.52. The van der Waals surface area contributed by atoms with Crippen molar-refractivity contribution < 1.29 is 19.4 Å². The first kappa shape index (κ1) is 28.9. The number of aromatic nitrogens is 3. The van der Waals surface area contributed by atoms with Gasteiger partial charge in [0, 0.05) is 59.7 Å². The highest BCUT2D eigenvalue weighted by molar-refractivity contribution is 5.96. The number of anilines is 1. The molecule has 0 radical (unpaired) electrons. The molecule has 0 saturated carbocycles. The molecule has 2 N–H and O–H groups in total. The number of carbonyl (C=O) groups is 1. The molecule has 4 heterocycles. The first-order chi connectivity index (χ1) is 20.2. The second-order valence-electron chi connectivity index (χ2n) is 11.0. The fourth-order valence-corrected chi connectivity index (χ4v) is 5.35. The Hall–Kier alpha value is -4.62. The number of aliphatic hydroxyl groups is 1. The van der Waals surface area contributed by atoms with E-state index in [9.17, 15) is 15.2 Å². The van der Waals surface area contributed by atoms with Gasteiger partial charge < -0.3 is 24.8 Å². The Morgan fingerprint density at radius 1 is 1.21 bits per heavy atom. The largest absolute Gasteiger partial charge is 0.496 e. The first-order valence-corrected chi connectivity index (χ1v) is 14.1. The van der Waals surface area contributed by atoms with Crippen LogP contribution in [0.1, 0.15) is 54.6 Å². The lowest BCUT2D eigenvalue weighted by Crippen LogP contribution is -2.53. The zero-order chi connectivity index (χ0) is 29.9. The van der Waals surface area contributed by atoms with Crippen LogP contribution in [0.15, 0.2) is 54.9 Å². The number of hydrogen-bond donors (Lipinski definition) is 2. The molecule has 1 unspecified atom stereocenters. The Morgan fingerprint density at radius 3 is 2.67 bits per heavy atom. The third kappa shape index (κ3) is 5.87. The van der Waals surface area contributed by atoms with Crippen molar-refractivity contribution in [3.05, 3.63) is 71.5 Å². The summed E-state index contributed by atoms with van der Waals surface area (Å²) in [5, 5.41) is 27.1. The zero-order valence-corrected chi connectivity index (χ0v) is 24.4. The van der Waals surface area contributed by atoms with Crippen molar-refractivity contribution in [2.45, 2.75) is 51.7 Å². The molecule has 0 spiro atoms. The third-order valence-corrected chi connectivity index (χ3v) is 7.92. The zero-order valence-electron chi connectivity index (χ0n) is 24.4. The lowest BCUT2D eigenvalue weighted by Gasteiger charge is -2.40. The topological polar surface area (TPSA) is 125 Å². The van der Waals surface area contributed by atoms with Gasteiger partial charge >= 0.3 is 0 Å². The first-order valence-electron chi connectivity index (χ1n) is 14.1. The number of carbonyl (C=O) groups excluding carboxylic acids is 1. The van der Waals surface area contributed by atoms with Gasteiger partial charge in [-0.2, -0.15) is 5.26 Å². The summed E-state index contributed by atoms with van der Waals surface area (Å²) in [5.74, 6) is 1.72. The molecule has 1 fully saturated rings. The van der Waals surface area contributed by atoms with Crippen LogP contribution in [-0.2, 0) is 0 Å². The number of benzene rings is 1. The highest BCUT2D eigenvalue weighted by Crippen LogP contribution is 2.33. The van der Waals surface area contributed by atoms with Gasteiger partial charge in [-0.3, -0.25) is 4.79 Å². The summed E-state index contributed by atoms with van der Waals surface area (Å²) in [5.41, 5.74) is 3.81. The van der Waals surface area contributed by atoms with Crippen molar-refractivity contribution in [3.8, 4) is 28.8 Å². The fourth-order valence-electron chi connectivity index (χ4n) is 5.35. The van der Waals surface area contributed by atoms with Gasteiger partial charge in [0.15, 0.2) is 0 Å². The standard InChI is InChI=1S/C32H36N6O4/c1-21(39)12-18-42-31-26(19-33)29-25(8-6-15-38(29)36-31)23-10-11-28(34-20-23)37-16-13-32(3,14-17-37)35-30(40)24-7-5-9-27(41-4)22(24)2/h5-11,15,20-21,39H,12-14,16-18H2,1-4H3,(H,35,40). The van der Waals surface area contributed by atoms with Gasteiger partial charge in [0.05, 0.1) is 25.3 Å². The number of aliphatic hydroxyl groups excluding tert-OH is 1. The molecule has 1 atom stereocenters. The van der Waals surface area contributed by atoms with Crippen molar-refractivity contribution >= 4 is 17.2 Å². The summed E-state index contributed by atoms with van der Waals surface area (Å²) in [4.78, 5) is 20.1. The normalized spacial score (nSPS) is 15.2.